The van der Waals surface area contributed by atoms with E-state index in [1.807, 2.05) is 39.8 Å². The molecule has 1 heterocycles. The van der Waals surface area contributed by atoms with Crippen LogP contribution in [0, 0.1) is 5.92 Å². The second-order valence-corrected chi connectivity index (χ2v) is 6.50. The van der Waals surface area contributed by atoms with Crippen LogP contribution < -0.4 is 0 Å². The van der Waals surface area contributed by atoms with Gasteiger partial charge in [0, 0.05) is 24.6 Å². The number of hydrogen-bond donors (Lipinski definition) is 0. The highest BCUT2D eigenvalue weighted by Crippen LogP contribution is 2.36. The van der Waals surface area contributed by atoms with Crippen molar-refractivity contribution in [1.29, 1.82) is 0 Å². The molecule has 0 bridgehead atoms. The zero-order valence-corrected chi connectivity index (χ0v) is 16.5. The summed E-state index contributed by atoms with van der Waals surface area (Å²) in [6, 6.07) is 10.5. The fourth-order valence-electron chi connectivity index (χ4n) is 3.55. The van der Waals surface area contributed by atoms with Crippen LogP contribution in [0.1, 0.15) is 46.1 Å². The van der Waals surface area contributed by atoms with Gasteiger partial charge in [0.25, 0.3) is 0 Å². The molecule has 26 heavy (non-hydrogen) atoms. The van der Waals surface area contributed by atoms with E-state index in [-0.39, 0.29) is 5.92 Å². The van der Waals surface area contributed by atoms with E-state index in [9.17, 15) is 4.79 Å². The molecule has 1 unspecified atom stereocenters. The van der Waals surface area contributed by atoms with Crippen LogP contribution in [0.3, 0.4) is 0 Å². The molecule has 1 aliphatic heterocycles. The second-order valence-electron chi connectivity index (χ2n) is 6.50. The normalized spacial score (nSPS) is 22.5. The van der Waals surface area contributed by atoms with Crippen molar-refractivity contribution in [3.63, 3.8) is 0 Å². The average Bonchev–Trinajstić information content (AvgIpc) is 3.00. The molecule has 1 fully saturated rings. The summed E-state index contributed by atoms with van der Waals surface area (Å²) >= 11 is 0. The maximum Gasteiger partial charge on any atom is 0.166 e. The lowest BCUT2D eigenvalue weighted by Crippen LogP contribution is -2.20. The van der Waals surface area contributed by atoms with Gasteiger partial charge in [-0.15, -0.1) is 0 Å². The van der Waals surface area contributed by atoms with E-state index in [0.717, 1.165) is 31.5 Å². The van der Waals surface area contributed by atoms with Crippen molar-refractivity contribution in [2.75, 3.05) is 6.54 Å². The molecule has 1 saturated carbocycles. The molecule has 2 nitrogen and oxygen atoms in total. The number of ketones is 1. The third-order valence-corrected chi connectivity index (χ3v) is 4.88. The first kappa shape index (κ1) is 20.0. The Labute approximate surface area is 158 Å². The zero-order chi connectivity index (χ0) is 18.9. The molecule has 1 atom stereocenters. The molecule has 1 aromatic carbocycles. The predicted octanol–water partition coefficient (Wildman–Crippen LogP) is 5.84. The summed E-state index contributed by atoms with van der Waals surface area (Å²) < 4.78 is 0. The van der Waals surface area contributed by atoms with Gasteiger partial charge in [0.15, 0.2) is 5.78 Å². The monoisotopic (exact) mass is 349 g/mol. The molecule has 1 aliphatic carbocycles. The van der Waals surface area contributed by atoms with Crippen LogP contribution in [0.15, 0.2) is 77.6 Å². The van der Waals surface area contributed by atoms with Gasteiger partial charge in [-0.25, -0.2) is 0 Å². The lowest BCUT2D eigenvalue weighted by Gasteiger charge is -2.23. The van der Waals surface area contributed by atoms with E-state index in [2.05, 4.69) is 53.6 Å². The number of Topliss-reactive ketones (excluding diaryl/α,β-unsaturated/α-hetero) is 1. The van der Waals surface area contributed by atoms with Crippen LogP contribution in [-0.2, 0) is 11.3 Å². The van der Waals surface area contributed by atoms with E-state index in [4.69, 9.17) is 0 Å². The SMILES string of the molecule is C/C=C1/CC(CC2=CCN(Cc3ccccc3)C=C2)C(=O)/C1=C/C.CC. The minimum atomic E-state index is 0.110. The van der Waals surface area contributed by atoms with Gasteiger partial charge in [0.1, 0.15) is 0 Å². The van der Waals surface area contributed by atoms with Gasteiger partial charge in [-0.3, -0.25) is 4.79 Å². The van der Waals surface area contributed by atoms with Gasteiger partial charge in [-0.05, 0) is 55.7 Å². The summed E-state index contributed by atoms with van der Waals surface area (Å²) in [7, 11) is 0. The third kappa shape index (κ3) is 4.85. The van der Waals surface area contributed by atoms with E-state index in [0.29, 0.717) is 5.78 Å². The number of carbonyl (C=O) groups excluding carboxylic acids is 1. The fraction of sp³-hybridized carbons (Fsp3) is 0.375. The molecule has 0 spiro atoms. The number of carbonyl (C=O) groups is 1. The molecule has 0 amide bonds. The number of hydrogen-bond acceptors (Lipinski definition) is 2. The molecule has 0 radical (unpaired) electrons. The number of allylic oxidation sites excluding steroid dienone is 6. The summed E-state index contributed by atoms with van der Waals surface area (Å²) in [6.07, 6.45) is 12.4. The van der Waals surface area contributed by atoms with Crippen LogP contribution in [-0.4, -0.2) is 17.2 Å². The van der Waals surface area contributed by atoms with Crippen molar-refractivity contribution in [2.45, 2.75) is 47.1 Å². The standard InChI is InChI=1S/C22H25NO.C2H6/c1-3-19-15-20(22(24)21(19)4-2)14-17-10-12-23(13-11-17)16-18-8-6-5-7-9-18;1-2/h3-12,20H,13-16H2,1-2H3;1-2H3/b19-3-,21-4+;. The van der Waals surface area contributed by atoms with Gasteiger partial charge in [0.05, 0.1) is 0 Å². The van der Waals surface area contributed by atoms with E-state index < -0.39 is 0 Å². The molecule has 0 saturated heterocycles. The molecule has 3 rings (SSSR count). The lowest BCUT2D eigenvalue weighted by molar-refractivity contribution is -0.117. The molecular formula is C24H31NO. The first-order valence-electron chi connectivity index (χ1n) is 9.72. The van der Waals surface area contributed by atoms with Gasteiger partial charge in [-0.2, -0.15) is 0 Å². The van der Waals surface area contributed by atoms with E-state index >= 15 is 0 Å². The average molecular weight is 350 g/mol. The number of nitrogens with zero attached hydrogens (tertiary/aromatic N) is 1. The van der Waals surface area contributed by atoms with Crippen molar-refractivity contribution in [2.24, 2.45) is 5.92 Å². The predicted molar refractivity (Wildman–Crippen MR) is 111 cm³/mol. The summed E-state index contributed by atoms with van der Waals surface area (Å²) in [4.78, 5) is 14.8. The van der Waals surface area contributed by atoms with Crippen molar-refractivity contribution in [3.8, 4) is 0 Å². The van der Waals surface area contributed by atoms with E-state index in [1.165, 1.54) is 16.7 Å². The topological polar surface area (TPSA) is 20.3 Å². The zero-order valence-electron chi connectivity index (χ0n) is 16.5. The molecule has 1 aromatic rings. The summed E-state index contributed by atoms with van der Waals surface area (Å²) in [5.41, 5.74) is 4.73. The smallest absolute Gasteiger partial charge is 0.166 e. The fourth-order valence-corrected chi connectivity index (χ4v) is 3.55. The highest BCUT2D eigenvalue weighted by atomic mass is 16.1. The van der Waals surface area contributed by atoms with Crippen molar-refractivity contribution < 1.29 is 4.79 Å². The summed E-state index contributed by atoms with van der Waals surface area (Å²) in [5, 5.41) is 0. The second kappa shape index (κ2) is 9.96. The Morgan fingerprint density at radius 2 is 1.85 bits per heavy atom. The Bertz CT molecular complexity index is 722. The highest BCUT2D eigenvalue weighted by molar-refractivity contribution is 6.04. The molecule has 0 aromatic heterocycles. The van der Waals surface area contributed by atoms with Crippen molar-refractivity contribution in [3.05, 3.63) is 83.1 Å². The van der Waals surface area contributed by atoms with Crippen molar-refractivity contribution in [1.82, 2.24) is 4.90 Å². The molecule has 2 heteroatoms. The van der Waals surface area contributed by atoms with E-state index in [1.54, 1.807) is 0 Å². The van der Waals surface area contributed by atoms with Gasteiger partial charge in [-0.1, -0.05) is 62.4 Å². The van der Waals surface area contributed by atoms with Crippen LogP contribution >= 0.6 is 0 Å². The maximum absolute atomic E-state index is 12.5. The van der Waals surface area contributed by atoms with Crippen LogP contribution in [0.4, 0.5) is 0 Å². The quantitative estimate of drug-likeness (QED) is 0.636. The van der Waals surface area contributed by atoms with Gasteiger partial charge in [0.2, 0.25) is 0 Å². The molecule has 2 aliphatic rings. The summed E-state index contributed by atoms with van der Waals surface area (Å²) in [6.45, 7) is 9.82. The Morgan fingerprint density at radius 3 is 2.38 bits per heavy atom. The Hall–Kier alpha value is -2.35. The van der Waals surface area contributed by atoms with Crippen LogP contribution in [0.5, 0.6) is 0 Å². The first-order chi connectivity index (χ1) is 12.7. The number of benzene rings is 1. The van der Waals surface area contributed by atoms with Crippen LogP contribution in [0.25, 0.3) is 0 Å². The minimum Gasteiger partial charge on any atom is -0.369 e. The Morgan fingerprint density at radius 1 is 1.12 bits per heavy atom. The molecular weight excluding hydrogens is 318 g/mol. The van der Waals surface area contributed by atoms with Gasteiger partial charge < -0.3 is 4.90 Å². The lowest BCUT2D eigenvalue weighted by atomic mass is 9.95. The maximum atomic E-state index is 12.5. The Kier molecular flexibility index (Phi) is 7.65. The highest BCUT2D eigenvalue weighted by Gasteiger charge is 2.32. The largest absolute Gasteiger partial charge is 0.369 e. The van der Waals surface area contributed by atoms with Crippen LogP contribution in [0.2, 0.25) is 0 Å². The molecule has 0 N–H and O–H groups in total. The first-order valence-corrected chi connectivity index (χ1v) is 9.72. The number of rotatable bonds is 4. The summed E-state index contributed by atoms with van der Waals surface area (Å²) in [5.74, 6) is 0.422. The third-order valence-electron chi connectivity index (χ3n) is 4.88. The molecule has 138 valence electrons. The Balaban J connectivity index is 0.00000117. The minimum absolute atomic E-state index is 0.110. The van der Waals surface area contributed by atoms with Crippen molar-refractivity contribution >= 4 is 5.78 Å². The van der Waals surface area contributed by atoms with Gasteiger partial charge >= 0.3 is 0 Å².